The molecular formula is C14H25N8O4+. The van der Waals surface area contributed by atoms with E-state index in [0.717, 1.165) is 0 Å². The van der Waals surface area contributed by atoms with E-state index in [-0.39, 0.29) is 18.4 Å². The molecule has 1 aliphatic heterocycles. The van der Waals surface area contributed by atoms with Gasteiger partial charge in [0.2, 0.25) is 5.89 Å². The van der Waals surface area contributed by atoms with Gasteiger partial charge in [-0.3, -0.25) is 4.99 Å². The molecule has 2 rings (SSSR count). The number of hydrogen-bond acceptors (Lipinski definition) is 7. The van der Waals surface area contributed by atoms with E-state index >= 15 is 0 Å². The van der Waals surface area contributed by atoms with Crippen molar-refractivity contribution in [2.75, 3.05) is 13.1 Å². The van der Waals surface area contributed by atoms with Gasteiger partial charge in [-0.05, 0) is 25.7 Å². The summed E-state index contributed by atoms with van der Waals surface area (Å²) < 4.78 is 5.17. The number of hydrogen-bond donors (Lipinski definition) is 4. The van der Waals surface area contributed by atoms with Crippen LogP contribution in [0.5, 0.6) is 0 Å². The fourth-order valence-electron chi connectivity index (χ4n) is 2.77. The van der Waals surface area contributed by atoms with Crippen LogP contribution >= 0.6 is 0 Å². The summed E-state index contributed by atoms with van der Waals surface area (Å²) in [5.41, 5.74) is 16.1. The third-order valence-electron chi connectivity index (χ3n) is 4.02. The lowest BCUT2D eigenvalue weighted by atomic mass is 10.1. The summed E-state index contributed by atoms with van der Waals surface area (Å²) in [6.45, 7) is 0.906. The van der Waals surface area contributed by atoms with E-state index < -0.39 is 24.1 Å². The van der Waals surface area contributed by atoms with Crippen LogP contribution in [-0.2, 0) is 11.3 Å². The van der Waals surface area contributed by atoms with Crippen LogP contribution in [0.1, 0.15) is 43.4 Å². The number of guanidine groups is 1. The first kappa shape index (κ1) is 19.4. The smallest absolute Gasteiger partial charge is 0.538 e. The van der Waals surface area contributed by atoms with E-state index in [1.165, 1.54) is 4.90 Å². The maximum atomic E-state index is 12.6. The van der Waals surface area contributed by atoms with Crippen molar-refractivity contribution in [2.24, 2.45) is 22.2 Å². The van der Waals surface area contributed by atoms with Crippen molar-refractivity contribution >= 4 is 18.0 Å². The second-order valence-electron chi connectivity index (χ2n) is 5.92. The van der Waals surface area contributed by atoms with Crippen molar-refractivity contribution < 1.29 is 19.2 Å². The Kier molecular flexibility index (Phi) is 6.72. The Morgan fingerprint density at radius 1 is 1.46 bits per heavy atom. The summed E-state index contributed by atoms with van der Waals surface area (Å²) in [6, 6.07) is -1.75. The van der Waals surface area contributed by atoms with E-state index in [9.17, 15) is 9.59 Å². The predicted molar refractivity (Wildman–Crippen MR) is 91.7 cm³/mol. The van der Waals surface area contributed by atoms with Crippen molar-refractivity contribution in [1.82, 2.24) is 20.4 Å². The molecule has 0 spiro atoms. The van der Waals surface area contributed by atoms with Crippen LogP contribution < -0.4 is 22.5 Å². The number of carbonyl (C=O) groups excluding carboxylic acids is 2. The van der Waals surface area contributed by atoms with E-state index in [4.69, 9.17) is 26.8 Å². The lowest BCUT2D eigenvalue weighted by molar-refractivity contribution is -0.141. The molecule has 12 heteroatoms. The van der Waals surface area contributed by atoms with Crippen LogP contribution in [0, 0.1) is 0 Å². The first-order chi connectivity index (χ1) is 12.4. The molecular weight excluding hydrogens is 344 g/mol. The molecule has 1 unspecified atom stereocenters. The third-order valence-corrected chi connectivity index (χ3v) is 4.02. The Bertz CT molecular complexity index is 657. The molecule has 144 valence electrons. The highest BCUT2D eigenvalue weighted by atomic mass is 16.5. The molecule has 9 N–H and O–H groups in total. The Hall–Kier alpha value is -2.89. The number of likely N-dealkylation sites (tertiary alicyclic amines) is 1. The van der Waals surface area contributed by atoms with Crippen molar-refractivity contribution in [3.05, 3.63) is 11.7 Å². The molecule has 0 aromatic carbocycles. The number of aliphatic imine (C=N–C) groups is 1. The van der Waals surface area contributed by atoms with Crippen molar-refractivity contribution in [3.8, 4) is 0 Å². The molecule has 12 nitrogen and oxygen atoms in total. The predicted octanol–water partition coefficient (Wildman–Crippen LogP) is -1.95. The Balaban J connectivity index is 2.06. The molecule has 2 heterocycles. The first-order valence-corrected chi connectivity index (χ1v) is 8.33. The van der Waals surface area contributed by atoms with Gasteiger partial charge in [-0.25, -0.2) is 4.79 Å². The number of nitrogens with zero attached hydrogens (tertiary/aromatic N) is 4. The topological polar surface area (TPSA) is 202 Å². The summed E-state index contributed by atoms with van der Waals surface area (Å²) in [6.07, 6.45) is 2.17. The second kappa shape index (κ2) is 8.99. The van der Waals surface area contributed by atoms with Crippen LogP contribution in [0.3, 0.4) is 0 Å². The summed E-state index contributed by atoms with van der Waals surface area (Å²) >= 11 is 0. The van der Waals surface area contributed by atoms with Crippen LogP contribution in [0.4, 0.5) is 4.79 Å². The van der Waals surface area contributed by atoms with Gasteiger partial charge in [0.05, 0.1) is 6.54 Å². The second-order valence-corrected chi connectivity index (χ2v) is 5.92. The molecule has 26 heavy (non-hydrogen) atoms. The molecule has 0 radical (unpaired) electrons. The number of rotatable bonds is 8. The van der Waals surface area contributed by atoms with Gasteiger partial charge >= 0.3 is 12.0 Å². The van der Waals surface area contributed by atoms with Crippen molar-refractivity contribution in [2.45, 2.75) is 44.3 Å². The molecule has 0 bridgehead atoms. The SMILES string of the molecule is NCc1noc([C@H](CCCN=C(N)N)NC(=O)N2CCCC2C(=O)[OH2+])n1. The monoisotopic (exact) mass is 369 g/mol. The van der Waals surface area contributed by atoms with E-state index in [1.54, 1.807) is 0 Å². The number of nitrogens with one attached hydrogen (secondary N) is 1. The highest BCUT2D eigenvalue weighted by Crippen LogP contribution is 2.21. The average molecular weight is 369 g/mol. The standard InChI is InChI=1S/C14H24N8O4/c15-7-10-20-11(26-21-10)8(3-1-5-18-13(16)17)19-14(25)22-6-2-4-9(22)12(23)24/h8-9H,1-7,15H2,(H,19,25)(H,23,24)(H4,16,17,18)/p+1/t8-,9?/m0/s1. The Morgan fingerprint density at radius 2 is 2.23 bits per heavy atom. The Morgan fingerprint density at radius 3 is 2.85 bits per heavy atom. The minimum absolute atomic E-state index is 0.0114. The van der Waals surface area contributed by atoms with Crippen LogP contribution in [-0.4, -0.2) is 57.2 Å². The molecule has 0 saturated carbocycles. The Labute approximate surface area is 149 Å². The van der Waals surface area contributed by atoms with E-state index in [0.29, 0.717) is 44.6 Å². The number of nitrogens with two attached hydrogens (primary N) is 3. The summed E-state index contributed by atoms with van der Waals surface area (Å²) in [5.74, 6) is -0.242. The van der Waals surface area contributed by atoms with Crippen LogP contribution in [0.15, 0.2) is 9.52 Å². The molecule has 1 aromatic heterocycles. The number of urea groups is 1. The average Bonchev–Trinajstić information content (AvgIpc) is 3.26. The largest absolute Gasteiger partial charge is 0.563 e. The van der Waals surface area contributed by atoms with Gasteiger partial charge in [0.15, 0.2) is 17.8 Å². The lowest BCUT2D eigenvalue weighted by Gasteiger charge is -2.23. The lowest BCUT2D eigenvalue weighted by Crippen LogP contribution is -2.47. The first-order valence-electron chi connectivity index (χ1n) is 8.33. The van der Waals surface area contributed by atoms with Gasteiger partial charge in [0, 0.05) is 17.9 Å². The van der Waals surface area contributed by atoms with Gasteiger partial charge in [0.25, 0.3) is 0 Å². The van der Waals surface area contributed by atoms with E-state index in [1.807, 2.05) is 0 Å². The molecule has 1 saturated heterocycles. The zero-order chi connectivity index (χ0) is 19.1. The quantitative estimate of drug-likeness (QED) is 0.175. The molecule has 1 aromatic rings. The maximum Gasteiger partial charge on any atom is 0.538 e. The van der Waals surface area contributed by atoms with Gasteiger partial charge in [0.1, 0.15) is 6.04 Å². The summed E-state index contributed by atoms with van der Waals surface area (Å²) in [4.78, 5) is 33.4. The van der Waals surface area contributed by atoms with Crippen molar-refractivity contribution in [1.29, 1.82) is 0 Å². The number of carbonyl (C=O) groups is 2. The van der Waals surface area contributed by atoms with E-state index in [2.05, 4.69) is 20.4 Å². The molecule has 1 fully saturated rings. The highest BCUT2D eigenvalue weighted by Gasteiger charge is 2.39. The minimum Gasteiger partial charge on any atom is -0.563 e. The van der Waals surface area contributed by atoms with Crippen LogP contribution in [0.2, 0.25) is 0 Å². The fraction of sp³-hybridized carbons (Fsp3) is 0.643. The zero-order valence-electron chi connectivity index (χ0n) is 14.4. The minimum atomic E-state index is -0.773. The molecule has 0 aliphatic carbocycles. The van der Waals surface area contributed by atoms with Gasteiger partial charge < -0.3 is 37.0 Å². The fourth-order valence-corrected chi connectivity index (χ4v) is 2.77. The summed E-state index contributed by atoms with van der Waals surface area (Å²) in [5, 5.41) is 13.8. The van der Waals surface area contributed by atoms with Gasteiger partial charge in [-0.1, -0.05) is 5.16 Å². The van der Waals surface area contributed by atoms with Gasteiger partial charge in [-0.2, -0.15) is 4.98 Å². The zero-order valence-corrected chi connectivity index (χ0v) is 14.4. The van der Waals surface area contributed by atoms with Crippen LogP contribution in [0.25, 0.3) is 0 Å². The molecule has 2 amide bonds. The third kappa shape index (κ3) is 5.05. The number of amides is 2. The number of aromatic nitrogens is 2. The van der Waals surface area contributed by atoms with Gasteiger partial charge in [-0.15, -0.1) is 0 Å². The molecule has 2 atom stereocenters. The van der Waals surface area contributed by atoms with Crippen molar-refractivity contribution in [3.63, 3.8) is 0 Å². The molecule has 1 aliphatic rings. The summed E-state index contributed by atoms with van der Waals surface area (Å²) in [7, 11) is 0. The highest BCUT2D eigenvalue weighted by molar-refractivity contribution is 5.83. The maximum absolute atomic E-state index is 12.6. The normalized spacial score (nSPS) is 17.7.